The van der Waals surface area contributed by atoms with Crippen molar-refractivity contribution in [1.82, 2.24) is 0 Å². The summed E-state index contributed by atoms with van der Waals surface area (Å²) < 4.78 is 14.0. The summed E-state index contributed by atoms with van der Waals surface area (Å²) in [7, 11) is 0. The first-order valence-electron chi connectivity index (χ1n) is 16.5. The molecule has 2 aliphatic rings. The fraction of sp³-hybridized carbons (Fsp3) is 0.238. The van der Waals surface area contributed by atoms with Crippen LogP contribution in [0.1, 0.15) is 50.3 Å². The maximum Gasteiger partial charge on any atom is 0.212 e. The second-order valence-electron chi connectivity index (χ2n) is 12.4. The molecule has 0 saturated carbocycles. The van der Waals surface area contributed by atoms with Gasteiger partial charge in [-0.2, -0.15) is 0 Å². The summed E-state index contributed by atoms with van der Waals surface area (Å²) in [5, 5.41) is 7.51. The summed E-state index contributed by atoms with van der Waals surface area (Å²) in [5.41, 5.74) is 4.13. The zero-order chi connectivity index (χ0) is 30.6. The van der Waals surface area contributed by atoms with Crippen molar-refractivity contribution in [2.24, 2.45) is 0 Å². The third-order valence-electron chi connectivity index (χ3n) is 10.5. The molecule has 3 heteroatoms. The largest absolute Gasteiger partial charge is 0.492 e. The molecule has 0 fully saturated rings. The zero-order valence-corrected chi connectivity index (χ0v) is 26.3. The molecule has 45 heavy (non-hydrogen) atoms. The van der Waals surface area contributed by atoms with Gasteiger partial charge in [-0.15, -0.1) is 0 Å². The van der Waals surface area contributed by atoms with Crippen LogP contribution in [0.5, 0.6) is 11.5 Å². The van der Waals surface area contributed by atoms with Gasteiger partial charge in [0, 0.05) is 16.6 Å². The summed E-state index contributed by atoms with van der Waals surface area (Å²) in [5.74, 6) is 1.86. The number of fused-ring (bicyclic) bond motifs is 9. The van der Waals surface area contributed by atoms with E-state index in [4.69, 9.17) is 9.47 Å². The van der Waals surface area contributed by atoms with Gasteiger partial charge < -0.3 is 14.4 Å². The maximum absolute atomic E-state index is 7.69. The second kappa shape index (κ2) is 10.7. The molecule has 8 rings (SSSR count). The number of anilines is 1. The lowest BCUT2D eigenvalue weighted by atomic mass is 9.67. The fourth-order valence-electron chi connectivity index (χ4n) is 8.29. The zero-order valence-electron chi connectivity index (χ0n) is 26.3. The first-order chi connectivity index (χ1) is 22.1. The van der Waals surface area contributed by atoms with Crippen LogP contribution in [0.2, 0.25) is 0 Å². The Morgan fingerprint density at radius 3 is 2.20 bits per heavy atom. The molecular weight excluding hydrogens is 550 g/mol. The molecule has 2 aliphatic heterocycles. The van der Waals surface area contributed by atoms with E-state index < -0.39 is 5.72 Å². The molecule has 0 aliphatic carbocycles. The lowest BCUT2D eigenvalue weighted by Crippen LogP contribution is -2.62. The number of ether oxygens (including phenoxy) is 2. The molecule has 1 spiro atoms. The number of benzene rings is 6. The number of aryl methyl sites for hydroxylation is 1. The molecule has 0 amide bonds. The smallest absolute Gasteiger partial charge is 0.212 e. The van der Waals surface area contributed by atoms with Gasteiger partial charge >= 0.3 is 0 Å². The molecule has 1 atom stereocenters. The second-order valence-corrected chi connectivity index (χ2v) is 12.4. The highest BCUT2D eigenvalue weighted by Gasteiger charge is 2.62. The first kappa shape index (κ1) is 27.8. The molecule has 0 radical (unpaired) electrons. The Labute approximate surface area is 265 Å². The normalized spacial score (nSPS) is 18.0. The summed E-state index contributed by atoms with van der Waals surface area (Å²) in [6, 6.07) is 39.2. The van der Waals surface area contributed by atoms with Crippen molar-refractivity contribution in [2.75, 3.05) is 18.1 Å². The van der Waals surface area contributed by atoms with Gasteiger partial charge in [-0.25, -0.2) is 0 Å². The van der Waals surface area contributed by atoms with E-state index in [9.17, 15) is 0 Å². The van der Waals surface area contributed by atoms with E-state index >= 15 is 0 Å². The highest BCUT2D eigenvalue weighted by atomic mass is 16.5. The third kappa shape index (κ3) is 3.96. The molecule has 0 N–H and O–H groups in total. The van der Waals surface area contributed by atoms with Gasteiger partial charge in [0.05, 0.1) is 12.0 Å². The van der Waals surface area contributed by atoms with Gasteiger partial charge in [0.1, 0.15) is 18.1 Å². The Morgan fingerprint density at radius 2 is 1.42 bits per heavy atom. The van der Waals surface area contributed by atoms with Crippen molar-refractivity contribution in [3.8, 4) is 11.5 Å². The SMILES string of the molecule is CCc1ccc2c3c(c4ccccc4c2c1)OC1(C=C3)N(CCOc2ccccc2)c2ccc3ccccc3c2C1(CC)CC. The van der Waals surface area contributed by atoms with Crippen LogP contribution >= 0.6 is 0 Å². The van der Waals surface area contributed by atoms with Gasteiger partial charge in [-0.1, -0.05) is 112 Å². The molecule has 2 heterocycles. The highest BCUT2D eigenvalue weighted by molar-refractivity contribution is 6.15. The Hall–Kier alpha value is -4.76. The summed E-state index contributed by atoms with van der Waals surface area (Å²) in [6.45, 7) is 8.12. The van der Waals surface area contributed by atoms with Crippen LogP contribution in [0.25, 0.3) is 38.4 Å². The van der Waals surface area contributed by atoms with Gasteiger partial charge in [-0.05, 0) is 87.7 Å². The number of para-hydroxylation sites is 1. The summed E-state index contributed by atoms with van der Waals surface area (Å²) >= 11 is 0. The van der Waals surface area contributed by atoms with Crippen LogP contribution in [-0.2, 0) is 11.8 Å². The van der Waals surface area contributed by atoms with E-state index in [0.717, 1.165) is 30.8 Å². The van der Waals surface area contributed by atoms with Gasteiger partial charge in [-0.3, -0.25) is 0 Å². The third-order valence-corrected chi connectivity index (χ3v) is 10.5. The number of nitrogens with zero attached hydrogens (tertiary/aromatic N) is 1. The van der Waals surface area contributed by atoms with Crippen LogP contribution in [0, 0.1) is 0 Å². The molecule has 0 aromatic heterocycles. The maximum atomic E-state index is 7.69. The van der Waals surface area contributed by atoms with Crippen LogP contribution in [-0.4, -0.2) is 18.9 Å². The minimum absolute atomic E-state index is 0.285. The molecule has 0 saturated heterocycles. The average Bonchev–Trinajstić information content (AvgIpc) is 3.33. The molecule has 6 aromatic carbocycles. The van der Waals surface area contributed by atoms with Crippen molar-refractivity contribution in [1.29, 1.82) is 0 Å². The van der Waals surface area contributed by atoms with Crippen molar-refractivity contribution in [3.63, 3.8) is 0 Å². The average molecular weight is 590 g/mol. The van der Waals surface area contributed by atoms with Crippen molar-refractivity contribution in [2.45, 2.75) is 51.2 Å². The van der Waals surface area contributed by atoms with Crippen molar-refractivity contribution < 1.29 is 9.47 Å². The van der Waals surface area contributed by atoms with Crippen LogP contribution in [0.15, 0.2) is 115 Å². The van der Waals surface area contributed by atoms with E-state index in [-0.39, 0.29) is 5.41 Å². The van der Waals surface area contributed by atoms with Crippen LogP contribution < -0.4 is 14.4 Å². The van der Waals surface area contributed by atoms with Crippen LogP contribution in [0.4, 0.5) is 5.69 Å². The standard InChI is InChI=1S/C42H39NO2/c1-4-29-20-22-34-36-24-25-42(45-40(36)35-19-13-12-18-33(35)37(34)28-29)41(5-2,6-3)39-32-17-11-10-14-30(32)21-23-38(39)43(42)26-27-44-31-15-8-7-9-16-31/h7-25,28H,4-6,26-27H2,1-3H3. The van der Waals surface area contributed by atoms with Crippen LogP contribution in [0.3, 0.4) is 0 Å². The summed E-state index contributed by atoms with van der Waals surface area (Å²) in [4.78, 5) is 2.50. The molecule has 224 valence electrons. The predicted molar refractivity (Wildman–Crippen MR) is 189 cm³/mol. The molecule has 0 bridgehead atoms. The number of rotatable bonds is 7. The quantitative estimate of drug-likeness (QED) is 0.173. The lowest BCUT2D eigenvalue weighted by molar-refractivity contribution is 0.0308. The first-order valence-corrected chi connectivity index (χ1v) is 16.5. The number of hydrogen-bond donors (Lipinski definition) is 0. The van der Waals surface area contributed by atoms with E-state index in [1.165, 1.54) is 54.7 Å². The Balaban J connectivity index is 1.36. The Bertz CT molecular complexity index is 2090. The van der Waals surface area contributed by atoms with E-state index in [0.29, 0.717) is 13.2 Å². The minimum Gasteiger partial charge on any atom is -0.492 e. The molecule has 1 unspecified atom stereocenters. The highest BCUT2D eigenvalue weighted by Crippen LogP contribution is 2.61. The summed E-state index contributed by atoms with van der Waals surface area (Å²) in [6.07, 6.45) is 7.62. The Kier molecular flexibility index (Phi) is 6.60. The topological polar surface area (TPSA) is 21.7 Å². The Morgan fingerprint density at radius 1 is 0.689 bits per heavy atom. The van der Waals surface area contributed by atoms with Gasteiger partial charge in [0.25, 0.3) is 0 Å². The van der Waals surface area contributed by atoms with Gasteiger partial charge in [0.15, 0.2) is 0 Å². The fourth-order valence-corrected chi connectivity index (χ4v) is 8.29. The number of hydrogen-bond acceptors (Lipinski definition) is 3. The van der Waals surface area contributed by atoms with Crippen molar-refractivity contribution >= 4 is 44.1 Å². The van der Waals surface area contributed by atoms with Gasteiger partial charge in [0.2, 0.25) is 5.72 Å². The van der Waals surface area contributed by atoms with E-state index in [2.05, 4.69) is 117 Å². The molecule has 6 aromatic rings. The minimum atomic E-state index is -0.726. The predicted octanol–water partition coefficient (Wildman–Crippen LogP) is 10.5. The monoisotopic (exact) mass is 589 g/mol. The van der Waals surface area contributed by atoms with E-state index in [1.807, 2.05) is 30.3 Å². The van der Waals surface area contributed by atoms with E-state index in [1.54, 1.807) is 0 Å². The lowest BCUT2D eigenvalue weighted by Gasteiger charge is -2.50. The molecular formula is C42H39NO2. The molecule has 3 nitrogen and oxygen atoms in total. The van der Waals surface area contributed by atoms with Crippen molar-refractivity contribution in [3.05, 3.63) is 132 Å².